The lowest BCUT2D eigenvalue weighted by atomic mass is 10.3. The van der Waals surface area contributed by atoms with Crippen LogP contribution in [-0.2, 0) is 19.5 Å². The standard InChI is InChI=1S/C17H16N6O/c1-2-16-18-8-12-10-22(11-14(12)20-16)17(24)15-9-19-21-23(15)13-6-4-3-5-7-13/h3-9H,2,10-11H2,1H3. The van der Waals surface area contributed by atoms with E-state index in [-0.39, 0.29) is 5.91 Å². The van der Waals surface area contributed by atoms with Gasteiger partial charge in [-0.1, -0.05) is 30.3 Å². The molecular weight excluding hydrogens is 304 g/mol. The summed E-state index contributed by atoms with van der Waals surface area (Å²) in [5.74, 6) is 0.693. The second-order valence-corrected chi connectivity index (χ2v) is 5.64. The van der Waals surface area contributed by atoms with Gasteiger partial charge in [-0.15, -0.1) is 5.10 Å². The summed E-state index contributed by atoms with van der Waals surface area (Å²) in [4.78, 5) is 23.5. The van der Waals surface area contributed by atoms with Gasteiger partial charge in [0.25, 0.3) is 5.91 Å². The summed E-state index contributed by atoms with van der Waals surface area (Å²) in [5, 5.41) is 7.95. The zero-order valence-corrected chi connectivity index (χ0v) is 13.3. The van der Waals surface area contributed by atoms with Crippen LogP contribution in [0.4, 0.5) is 0 Å². The molecule has 3 heterocycles. The number of hydrogen-bond donors (Lipinski definition) is 0. The fourth-order valence-corrected chi connectivity index (χ4v) is 2.81. The molecule has 24 heavy (non-hydrogen) atoms. The summed E-state index contributed by atoms with van der Waals surface area (Å²) in [6.45, 7) is 3.02. The van der Waals surface area contributed by atoms with Gasteiger partial charge in [-0.25, -0.2) is 14.6 Å². The second kappa shape index (κ2) is 5.84. The number of nitrogens with zero attached hydrogens (tertiary/aromatic N) is 6. The fraction of sp³-hybridized carbons (Fsp3) is 0.235. The molecule has 0 bridgehead atoms. The number of amides is 1. The van der Waals surface area contributed by atoms with Crippen molar-refractivity contribution in [1.29, 1.82) is 0 Å². The van der Waals surface area contributed by atoms with Crippen LogP contribution in [0.25, 0.3) is 5.69 Å². The minimum Gasteiger partial charge on any atom is -0.327 e. The summed E-state index contributed by atoms with van der Waals surface area (Å²) in [5.41, 5.74) is 3.18. The van der Waals surface area contributed by atoms with Gasteiger partial charge in [-0.05, 0) is 12.1 Å². The molecule has 4 rings (SSSR count). The zero-order chi connectivity index (χ0) is 16.5. The SMILES string of the molecule is CCc1ncc2c(n1)CN(C(=O)c1cnnn1-c1ccccc1)C2. The van der Waals surface area contributed by atoms with Crippen LogP contribution in [0, 0.1) is 0 Å². The lowest BCUT2D eigenvalue weighted by molar-refractivity contribution is 0.0741. The average Bonchev–Trinajstić information content (AvgIpc) is 3.28. The van der Waals surface area contributed by atoms with Crippen molar-refractivity contribution >= 4 is 5.91 Å². The third-order valence-corrected chi connectivity index (χ3v) is 4.08. The van der Waals surface area contributed by atoms with Gasteiger partial charge in [0.15, 0.2) is 5.69 Å². The summed E-state index contributed by atoms with van der Waals surface area (Å²) in [6.07, 6.45) is 4.11. The summed E-state index contributed by atoms with van der Waals surface area (Å²) in [6, 6.07) is 9.51. The van der Waals surface area contributed by atoms with E-state index in [0.29, 0.717) is 18.8 Å². The minimum atomic E-state index is -0.111. The van der Waals surface area contributed by atoms with Crippen LogP contribution in [0.1, 0.15) is 34.5 Å². The highest BCUT2D eigenvalue weighted by Gasteiger charge is 2.28. The molecule has 1 aromatic carbocycles. The molecule has 0 saturated heterocycles. The first-order valence-corrected chi connectivity index (χ1v) is 7.85. The molecule has 0 spiro atoms. The Balaban J connectivity index is 1.61. The first-order valence-electron chi connectivity index (χ1n) is 7.85. The minimum absolute atomic E-state index is 0.111. The van der Waals surface area contributed by atoms with Crippen LogP contribution >= 0.6 is 0 Å². The van der Waals surface area contributed by atoms with Gasteiger partial charge in [-0.2, -0.15) is 0 Å². The summed E-state index contributed by atoms with van der Waals surface area (Å²) in [7, 11) is 0. The Hall–Kier alpha value is -3.09. The van der Waals surface area contributed by atoms with Crippen LogP contribution < -0.4 is 0 Å². The van der Waals surface area contributed by atoms with Crippen LogP contribution in [0.5, 0.6) is 0 Å². The van der Waals surface area contributed by atoms with Crippen molar-refractivity contribution in [2.75, 3.05) is 0 Å². The number of carbonyl (C=O) groups excluding carboxylic acids is 1. The lowest BCUT2D eigenvalue weighted by Gasteiger charge is -2.15. The average molecular weight is 320 g/mol. The van der Waals surface area contributed by atoms with Crippen molar-refractivity contribution in [3.05, 3.63) is 65.5 Å². The van der Waals surface area contributed by atoms with E-state index in [4.69, 9.17) is 0 Å². The monoisotopic (exact) mass is 320 g/mol. The molecule has 0 radical (unpaired) electrons. The number of fused-ring (bicyclic) bond motifs is 1. The number of benzene rings is 1. The van der Waals surface area contributed by atoms with Crippen molar-refractivity contribution in [2.45, 2.75) is 26.4 Å². The quantitative estimate of drug-likeness (QED) is 0.735. The van der Waals surface area contributed by atoms with Gasteiger partial charge in [0.05, 0.1) is 24.1 Å². The van der Waals surface area contributed by atoms with Gasteiger partial charge >= 0.3 is 0 Å². The molecule has 0 atom stereocenters. The van der Waals surface area contributed by atoms with E-state index in [9.17, 15) is 4.79 Å². The van der Waals surface area contributed by atoms with Gasteiger partial charge < -0.3 is 4.90 Å². The van der Waals surface area contributed by atoms with E-state index < -0.39 is 0 Å². The molecule has 0 fully saturated rings. The van der Waals surface area contributed by atoms with Crippen molar-refractivity contribution in [3.63, 3.8) is 0 Å². The third kappa shape index (κ3) is 2.44. The highest BCUT2D eigenvalue weighted by molar-refractivity contribution is 5.93. The van der Waals surface area contributed by atoms with Crippen LogP contribution in [0.15, 0.2) is 42.7 Å². The topological polar surface area (TPSA) is 76.8 Å². The molecule has 2 aromatic heterocycles. The molecule has 7 heteroatoms. The number of aromatic nitrogens is 5. The molecule has 1 aliphatic heterocycles. The van der Waals surface area contributed by atoms with Crippen LogP contribution in [-0.4, -0.2) is 35.8 Å². The van der Waals surface area contributed by atoms with Crippen molar-refractivity contribution in [2.24, 2.45) is 0 Å². The zero-order valence-electron chi connectivity index (χ0n) is 13.3. The Morgan fingerprint density at radius 3 is 2.79 bits per heavy atom. The second-order valence-electron chi connectivity index (χ2n) is 5.64. The Morgan fingerprint density at radius 1 is 1.17 bits per heavy atom. The molecule has 0 saturated carbocycles. The normalized spacial score (nSPS) is 13.1. The first kappa shape index (κ1) is 14.5. The van der Waals surface area contributed by atoms with Gasteiger partial charge in [0, 0.05) is 24.7 Å². The number of rotatable bonds is 3. The molecule has 1 aliphatic rings. The van der Waals surface area contributed by atoms with Crippen LogP contribution in [0.2, 0.25) is 0 Å². The number of carbonyl (C=O) groups is 1. The number of aryl methyl sites for hydroxylation is 1. The van der Waals surface area contributed by atoms with E-state index in [1.165, 1.54) is 6.20 Å². The summed E-state index contributed by atoms with van der Waals surface area (Å²) < 4.78 is 1.56. The third-order valence-electron chi connectivity index (χ3n) is 4.08. The molecule has 1 amide bonds. The van der Waals surface area contributed by atoms with Crippen molar-refractivity contribution in [1.82, 2.24) is 29.9 Å². The maximum atomic E-state index is 12.9. The summed E-state index contributed by atoms with van der Waals surface area (Å²) >= 11 is 0. The highest BCUT2D eigenvalue weighted by Crippen LogP contribution is 2.23. The maximum Gasteiger partial charge on any atom is 0.274 e. The van der Waals surface area contributed by atoms with E-state index in [0.717, 1.165) is 29.2 Å². The van der Waals surface area contributed by atoms with E-state index >= 15 is 0 Å². The molecule has 0 unspecified atom stereocenters. The van der Waals surface area contributed by atoms with Crippen LogP contribution in [0.3, 0.4) is 0 Å². The molecule has 120 valence electrons. The Labute approximate surface area is 139 Å². The number of para-hydroxylation sites is 1. The largest absolute Gasteiger partial charge is 0.327 e. The molecule has 3 aromatic rings. The maximum absolute atomic E-state index is 12.9. The Morgan fingerprint density at radius 2 is 2.00 bits per heavy atom. The highest BCUT2D eigenvalue weighted by atomic mass is 16.2. The lowest BCUT2D eigenvalue weighted by Crippen LogP contribution is -2.27. The van der Waals surface area contributed by atoms with E-state index in [2.05, 4.69) is 20.3 Å². The van der Waals surface area contributed by atoms with E-state index in [1.54, 1.807) is 9.58 Å². The van der Waals surface area contributed by atoms with Crippen molar-refractivity contribution < 1.29 is 4.79 Å². The fourth-order valence-electron chi connectivity index (χ4n) is 2.81. The molecule has 7 nitrogen and oxygen atoms in total. The van der Waals surface area contributed by atoms with Gasteiger partial charge in [0.1, 0.15) is 5.82 Å². The van der Waals surface area contributed by atoms with E-state index in [1.807, 2.05) is 43.5 Å². The van der Waals surface area contributed by atoms with Gasteiger partial charge in [0.2, 0.25) is 0 Å². The molecule has 0 N–H and O–H groups in total. The molecular formula is C17H16N6O. The van der Waals surface area contributed by atoms with Gasteiger partial charge in [-0.3, -0.25) is 4.79 Å². The van der Waals surface area contributed by atoms with Crippen molar-refractivity contribution in [3.8, 4) is 5.69 Å². The predicted molar refractivity (Wildman–Crippen MR) is 86.3 cm³/mol. The smallest absolute Gasteiger partial charge is 0.274 e. The first-order chi connectivity index (χ1) is 11.8. The number of hydrogen-bond acceptors (Lipinski definition) is 5. The Kier molecular flexibility index (Phi) is 3.53. The molecule has 0 aliphatic carbocycles. The Bertz CT molecular complexity index is 889. The predicted octanol–water partition coefficient (Wildman–Crippen LogP) is 1.78.